The van der Waals surface area contributed by atoms with Crippen molar-refractivity contribution < 1.29 is 14.6 Å². The number of aliphatic hydroxyl groups is 1. The van der Waals surface area contributed by atoms with Crippen LogP contribution in [-0.4, -0.2) is 29.2 Å². The molecule has 0 bridgehead atoms. The van der Waals surface area contributed by atoms with Crippen LogP contribution in [0.3, 0.4) is 0 Å². The molecule has 0 fully saturated rings. The molecule has 3 aromatic rings. The standard InChI is InChI=1S/C27H26N2O3S2/c1-18-7-5-12-23(26(31)28-13-14-30)25-24(18)20(17-34-25)16-32-22-11-6-10-21(15-22)29-27(33)19-8-3-2-4-9-19/h2-4,6-12,15,17,30H,5,13-14,16H2,1H3,(H,28,31)(H,29,33). The fourth-order valence-electron chi connectivity index (χ4n) is 3.76. The van der Waals surface area contributed by atoms with E-state index in [1.807, 2.05) is 66.1 Å². The van der Waals surface area contributed by atoms with E-state index in [0.717, 1.165) is 38.6 Å². The van der Waals surface area contributed by atoms with Crippen LogP contribution in [0.2, 0.25) is 0 Å². The molecule has 4 rings (SSSR count). The van der Waals surface area contributed by atoms with Gasteiger partial charge in [-0.2, -0.15) is 0 Å². The van der Waals surface area contributed by atoms with Gasteiger partial charge in [0, 0.05) is 39.9 Å². The molecule has 2 aromatic carbocycles. The third-order valence-electron chi connectivity index (χ3n) is 5.42. The van der Waals surface area contributed by atoms with Crippen LogP contribution in [0.5, 0.6) is 5.75 Å². The number of aliphatic hydroxyl groups excluding tert-OH is 1. The number of thiocarbonyl (C=S) groups is 1. The second-order valence-corrected chi connectivity index (χ2v) is 9.11. The van der Waals surface area contributed by atoms with Crippen molar-refractivity contribution in [2.45, 2.75) is 20.0 Å². The van der Waals surface area contributed by atoms with Gasteiger partial charge < -0.3 is 20.5 Å². The van der Waals surface area contributed by atoms with Crippen LogP contribution >= 0.6 is 23.6 Å². The Hall–Kier alpha value is -3.26. The van der Waals surface area contributed by atoms with Crippen LogP contribution in [-0.2, 0) is 11.4 Å². The van der Waals surface area contributed by atoms with E-state index in [1.165, 1.54) is 0 Å². The Morgan fingerprint density at radius 3 is 2.76 bits per heavy atom. The molecule has 1 amide bonds. The highest BCUT2D eigenvalue weighted by atomic mass is 32.1. The highest BCUT2D eigenvalue weighted by molar-refractivity contribution is 7.81. The number of ether oxygens (including phenoxy) is 1. The lowest BCUT2D eigenvalue weighted by atomic mass is 10.0. The SMILES string of the molecule is CC1=CCC=C(C(=O)NCCO)c2scc(COc3cccc(NC(=S)c4ccccc4)c3)c21. The summed E-state index contributed by atoms with van der Waals surface area (Å²) in [5, 5.41) is 17.1. The van der Waals surface area contributed by atoms with Crippen molar-refractivity contribution in [3.05, 3.63) is 93.7 Å². The third kappa shape index (κ3) is 5.62. The van der Waals surface area contributed by atoms with E-state index in [2.05, 4.69) is 23.6 Å². The number of anilines is 1. The average molecular weight is 491 g/mol. The van der Waals surface area contributed by atoms with Gasteiger partial charge in [0.1, 0.15) is 17.3 Å². The molecular formula is C27H26N2O3S2. The fraction of sp³-hybridized carbons (Fsp3) is 0.185. The minimum absolute atomic E-state index is 0.0866. The fourth-order valence-corrected chi connectivity index (χ4v) is 5.17. The van der Waals surface area contributed by atoms with E-state index in [1.54, 1.807) is 11.3 Å². The van der Waals surface area contributed by atoms with E-state index in [0.29, 0.717) is 23.6 Å². The van der Waals surface area contributed by atoms with Crippen LogP contribution < -0.4 is 15.4 Å². The number of fused-ring (bicyclic) bond motifs is 1. The Morgan fingerprint density at radius 2 is 1.97 bits per heavy atom. The summed E-state index contributed by atoms with van der Waals surface area (Å²) in [5.41, 5.74) is 5.67. The second kappa shape index (κ2) is 11.2. The van der Waals surface area contributed by atoms with Gasteiger partial charge in [-0.1, -0.05) is 60.8 Å². The molecule has 0 saturated heterocycles. The van der Waals surface area contributed by atoms with Crippen LogP contribution in [0.4, 0.5) is 5.69 Å². The molecule has 0 saturated carbocycles. The van der Waals surface area contributed by atoms with Gasteiger partial charge in [-0.25, -0.2) is 0 Å². The molecule has 34 heavy (non-hydrogen) atoms. The second-order valence-electron chi connectivity index (χ2n) is 7.82. The van der Waals surface area contributed by atoms with Gasteiger partial charge >= 0.3 is 0 Å². The maximum atomic E-state index is 12.6. The normalized spacial score (nSPS) is 12.6. The zero-order valence-electron chi connectivity index (χ0n) is 18.8. The number of thiophene rings is 1. The molecule has 1 heterocycles. The summed E-state index contributed by atoms with van der Waals surface area (Å²) < 4.78 is 6.14. The van der Waals surface area contributed by atoms with Crippen molar-refractivity contribution in [3.63, 3.8) is 0 Å². The molecule has 0 atom stereocenters. The van der Waals surface area contributed by atoms with E-state index in [9.17, 15) is 4.79 Å². The van der Waals surface area contributed by atoms with E-state index < -0.39 is 0 Å². The topological polar surface area (TPSA) is 70.6 Å². The molecule has 7 heteroatoms. The van der Waals surface area contributed by atoms with E-state index in [4.69, 9.17) is 22.1 Å². The Bertz CT molecular complexity index is 1250. The first-order chi connectivity index (χ1) is 16.6. The Kier molecular flexibility index (Phi) is 7.90. The summed E-state index contributed by atoms with van der Waals surface area (Å²) in [6.45, 7) is 2.59. The minimum Gasteiger partial charge on any atom is -0.489 e. The molecule has 0 spiro atoms. The molecular weight excluding hydrogens is 464 g/mol. The van der Waals surface area contributed by atoms with Gasteiger partial charge in [0.2, 0.25) is 0 Å². The van der Waals surface area contributed by atoms with Crippen LogP contribution in [0.25, 0.3) is 11.1 Å². The average Bonchev–Trinajstić information content (AvgIpc) is 3.20. The Labute approximate surface area is 208 Å². The first-order valence-electron chi connectivity index (χ1n) is 11.0. The smallest absolute Gasteiger partial charge is 0.252 e. The van der Waals surface area contributed by atoms with Crippen molar-refractivity contribution in [1.29, 1.82) is 0 Å². The lowest BCUT2D eigenvalue weighted by molar-refractivity contribution is -0.115. The number of rotatable bonds is 8. The molecule has 0 unspecified atom stereocenters. The summed E-state index contributed by atoms with van der Waals surface area (Å²) in [4.78, 5) is 14.2. The van der Waals surface area contributed by atoms with Crippen molar-refractivity contribution in [2.75, 3.05) is 18.5 Å². The highest BCUT2D eigenvalue weighted by Crippen LogP contribution is 2.37. The lowest BCUT2D eigenvalue weighted by Crippen LogP contribution is -2.27. The highest BCUT2D eigenvalue weighted by Gasteiger charge is 2.22. The maximum absolute atomic E-state index is 12.6. The molecule has 3 N–H and O–H groups in total. The van der Waals surface area contributed by atoms with Crippen LogP contribution in [0.1, 0.15) is 34.9 Å². The van der Waals surface area contributed by atoms with E-state index in [-0.39, 0.29) is 19.1 Å². The number of carbonyl (C=O) groups excluding carboxylic acids is 1. The molecule has 174 valence electrons. The van der Waals surface area contributed by atoms with Gasteiger partial charge in [-0.3, -0.25) is 4.79 Å². The van der Waals surface area contributed by atoms with Crippen LogP contribution in [0, 0.1) is 0 Å². The minimum atomic E-state index is -0.166. The summed E-state index contributed by atoms with van der Waals surface area (Å²) >= 11 is 7.06. The predicted octanol–water partition coefficient (Wildman–Crippen LogP) is 5.41. The molecule has 0 radical (unpaired) electrons. The Balaban J connectivity index is 1.48. The number of nitrogens with one attached hydrogen (secondary N) is 2. The summed E-state index contributed by atoms with van der Waals surface area (Å²) in [6, 6.07) is 17.5. The number of hydrogen-bond acceptors (Lipinski definition) is 5. The zero-order chi connectivity index (χ0) is 23.9. The number of allylic oxidation sites excluding steroid dienone is 3. The first kappa shape index (κ1) is 23.9. The largest absolute Gasteiger partial charge is 0.489 e. The number of carbonyl (C=O) groups is 1. The van der Waals surface area contributed by atoms with Gasteiger partial charge in [-0.15, -0.1) is 11.3 Å². The third-order valence-corrected chi connectivity index (χ3v) is 6.82. The summed E-state index contributed by atoms with van der Waals surface area (Å²) in [5.74, 6) is 0.563. The molecule has 0 aliphatic heterocycles. The maximum Gasteiger partial charge on any atom is 0.252 e. The van der Waals surface area contributed by atoms with Crippen molar-refractivity contribution >= 4 is 51.3 Å². The number of benzene rings is 2. The first-order valence-corrected chi connectivity index (χ1v) is 12.3. The molecule has 1 aromatic heterocycles. The Morgan fingerprint density at radius 1 is 1.15 bits per heavy atom. The van der Waals surface area contributed by atoms with Crippen LogP contribution in [0.15, 0.2) is 72.1 Å². The van der Waals surface area contributed by atoms with Gasteiger partial charge in [0.05, 0.1) is 12.2 Å². The van der Waals surface area contributed by atoms with Gasteiger partial charge in [0.15, 0.2) is 0 Å². The molecule has 5 nitrogen and oxygen atoms in total. The zero-order valence-corrected chi connectivity index (χ0v) is 20.5. The number of amides is 1. The van der Waals surface area contributed by atoms with Gasteiger partial charge in [0.25, 0.3) is 5.91 Å². The van der Waals surface area contributed by atoms with Crippen molar-refractivity contribution in [2.24, 2.45) is 0 Å². The monoisotopic (exact) mass is 490 g/mol. The number of hydrogen-bond donors (Lipinski definition) is 3. The molecule has 1 aliphatic rings. The van der Waals surface area contributed by atoms with E-state index >= 15 is 0 Å². The summed E-state index contributed by atoms with van der Waals surface area (Å²) in [6.07, 6.45) is 4.74. The summed E-state index contributed by atoms with van der Waals surface area (Å²) in [7, 11) is 0. The van der Waals surface area contributed by atoms with Gasteiger partial charge in [-0.05, 0) is 36.4 Å². The van der Waals surface area contributed by atoms with Crippen molar-refractivity contribution in [3.8, 4) is 5.75 Å². The molecule has 1 aliphatic carbocycles. The lowest BCUT2D eigenvalue weighted by Gasteiger charge is -2.12. The predicted molar refractivity (Wildman–Crippen MR) is 143 cm³/mol. The quantitative estimate of drug-likeness (QED) is 0.368. The van der Waals surface area contributed by atoms with Crippen molar-refractivity contribution in [1.82, 2.24) is 5.32 Å².